The number of aromatic nitrogens is 2. The second-order valence-corrected chi connectivity index (χ2v) is 14.8. The number of benzene rings is 8. The lowest BCUT2D eigenvalue weighted by Gasteiger charge is -2.21. The van der Waals surface area contributed by atoms with Gasteiger partial charge in [-0.3, -0.25) is 0 Å². The Morgan fingerprint density at radius 1 is 0.339 bits per heavy atom. The van der Waals surface area contributed by atoms with Crippen LogP contribution in [-0.2, 0) is 0 Å². The van der Waals surface area contributed by atoms with Gasteiger partial charge in [0.1, 0.15) is 0 Å². The van der Waals surface area contributed by atoms with Crippen LogP contribution in [0, 0.1) is 52.2 Å². The lowest BCUT2D eigenvalue weighted by molar-refractivity contribution is 1.13. The third-order valence-corrected chi connectivity index (χ3v) is 11.2. The summed E-state index contributed by atoms with van der Waals surface area (Å²) in [6, 6.07) is 63.9. The van der Waals surface area contributed by atoms with E-state index < -0.39 is 0 Å². The molecule has 272 valence electrons. The second kappa shape index (κ2) is 13.8. The number of para-hydroxylation sites is 2. The fourth-order valence-electron chi connectivity index (χ4n) is 8.68. The number of hydrogen-bond acceptors (Lipinski definition) is 4. The average molecular weight is 751 g/mol. The molecule has 0 amide bonds. The molecular weight excluding hydrogens is 721 g/mol. The third-order valence-electron chi connectivity index (χ3n) is 11.2. The van der Waals surface area contributed by atoms with Gasteiger partial charge in [-0.05, 0) is 125 Å². The van der Waals surface area contributed by atoms with Gasteiger partial charge in [0.15, 0.2) is 0 Å². The van der Waals surface area contributed by atoms with Gasteiger partial charge in [0, 0.05) is 27.1 Å². The van der Waals surface area contributed by atoms with E-state index in [2.05, 4.69) is 100 Å². The number of aryl methyl sites for hydroxylation is 1. The van der Waals surface area contributed by atoms with Gasteiger partial charge in [-0.1, -0.05) is 78.9 Å². The summed E-state index contributed by atoms with van der Waals surface area (Å²) < 4.78 is 4.48. The van der Waals surface area contributed by atoms with E-state index in [1.54, 1.807) is 0 Å². The van der Waals surface area contributed by atoms with Crippen LogP contribution in [0.3, 0.4) is 0 Å². The van der Waals surface area contributed by atoms with Crippen molar-refractivity contribution in [3.05, 3.63) is 192 Å². The molecule has 10 rings (SSSR count). The molecule has 0 unspecified atom stereocenters. The van der Waals surface area contributed by atoms with Gasteiger partial charge >= 0.3 is 0 Å². The maximum atomic E-state index is 10.8. The van der Waals surface area contributed by atoms with Crippen molar-refractivity contribution in [2.24, 2.45) is 0 Å². The number of hydrogen-bond donors (Lipinski definition) is 0. The smallest absolute Gasteiger partial charge is 0.0993 e. The SMILES string of the molecule is Cc1cc(C#N)cc(-c2c(-n3c4ccccc4c4cc(-c5cccc(C#N)c5)ccc43)cc(C#N)cc2-n2c3ccccc3c3cc(-c4cccc(C#N)c4)ccc32)c1. The summed E-state index contributed by atoms with van der Waals surface area (Å²) in [4.78, 5) is 0. The fraction of sp³-hybridized carbons (Fsp3) is 0.0189. The molecule has 59 heavy (non-hydrogen) atoms. The summed E-state index contributed by atoms with van der Waals surface area (Å²) in [5.41, 5.74) is 14.2. The van der Waals surface area contributed by atoms with Gasteiger partial charge in [-0.15, -0.1) is 0 Å². The van der Waals surface area contributed by atoms with Gasteiger partial charge in [-0.25, -0.2) is 0 Å². The molecule has 0 saturated carbocycles. The summed E-state index contributed by atoms with van der Waals surface area (Å²) in [7, 11) is 0. The third kappa shape index (κ3) is 5.69. The van der Waals surface area contributed by atoms with Gasteiger partial charge in [-0.2, -0.15) is 21.0 Å². The summed E-state index contributed by atoms with van der Waals surface area (Å²) in [6.07, 6.45) is 0. The van der Waals surface area contributed by atoms with Crippen LogP contribution in [0.1, 0.15) is 27.8 Å². The highest BCUT2D eigenvalue weighted by molar-refractivity contribution is 6.13. The normalized spacial score (nSPS) is 11.1. The Morgan fingerprint density at radius 2 is 0.763 bits per heavy atom. The summed E-state index contributed by atoms with van der Waals surface area (Å²) in [6.45, 7) is 2.00. The van der Waals surface area contributed by atoms with Gasteiger partial charge < -0.3 is 9.13 Å². The van der Waals surface area contributed by atoms with Gasteiger partial charge in [0.05, 0.1) is 80.0 Å². The van der Waals surface area contributed by atoms with E-state index in [-0.39, 0.29) is 0 Å². The Hall–Kier alpha value is -8.68. The van der Waals surface area contributed by atoms with Crippen molar-refractivity contribution in [2.45, 2.75) is 6.92 Å². The number of fused-ring (bicyclic) bond motifs is 6. The first-order valence-electron chi connectivity index (χ1n) is 19.1. The van der Waals surface area contributed by atoms with Crippen molar-refractivity contribution in [1.82, 2.24) is 9.13 Å². The van der Waals surface area contributed by atoms with Crippen LogP contribution >= 0.6 is 0 Å². The zero-order valence-electron chi connectivity index (χ0n) is 31.8. The molecule has 0 radical (unpaired) electrons. The van der Waals surface area contributed by atoms with Crippen LogP contribution in [0.2, 0.25) is 0 Å². The van der Waals surface area contributed by atoms with Crippen molar-refractivity contribution >= 4 is 43.6 Å². The summed E-state index contributed by atoms with van der Waals surface area (Å²) in [5.74, 6) is 0. The molecule has 0 aliphatic carbocycles. The van der Waals surface area contributed by atoms with Crippen molar-refractivity contribution in [2.75, 3.05) is 0 Å². The molecule has 6 heteroatoms. The van der Waals surface area contributed by atoms with Crippen LogP contribution in [-0.4, -0.2) is 9.13 Å². The second-order valence-electron chi connectivity index (χ2n) is 14.8. The molecule has 0 aliphatic rings. The molecule has 0 N–H and O–H groups in total. The highest BCUT2D eigenvalue weighted by Crippen LogP contribution is 2.44. The monoisotopic (exact) mass is 750 g/mol. The summed E-state index contributed by atoms with van der Waals surface area (Å²) in [5, 5.41) is 44.5. The molecule has 10 aromatic rings. The van der Waals surface area contributed by atoms with E-state index >= 15 is 0 Å². The van der Waals surface area contributed by atoms with E-state index in [0.29, 0.717) is 22.3 Å². The Bertz CT molecular complexity index is 3380. The molecular formula is C53H30N6. The first kappa shape index (κ1) is 34.8. The first-order chi connectivity index (χ1) is 29.0. The van der Waals surface area contributed by atoms with Crippen LogP contribution in [0.15, 0.2) is 164 Å². The first-order valence-corrected chi connectivity index (χ1v) is 19.1. The molecule has 0 atom stereocenters. The summed E-state index contributed by atoms with van der Waals surface area (Å²) >= 11 is 0. The quantitative estimate of drug-likeness (QED) is 0.175. The maximum absolute atomic E-state index is 10.8. The standard InChI is InChI=1S/C53H30N6/c1-33-20-36(31-56)24-42(21-33)53-51(58-47-14-4-2-12-43(47)45-27-40(16-18-49(45)58)38-10-6-8-34(22-38)29-54)25-37(32-57)26-52(53)59-48-15-5-3-13-44(48)46-28-41(17-19-50(46)59)39-11-7-9-35(23-39)30-55/h2-28H,1H3. The average Bonchev–Trinajstić information content (AvgIpc) is 3.80. The van der Waals surface area contributed by atoms with E-state index in [0.717, 1.165) is 93.9 Å². The van der Waals surface area contributed by atoms with Gasteiger partial charge in [0.25, 0.3) is 0 Å². The van der Waals surface area contributed by atoms with Crippen LogP contribution in [0.5, 0.6) is 0 Å². The number of nitriles is 4. The van der Waals surface area contributed by atoms with Crippen molar-refractivity contribution in [3.8, 4) is 69.0 Å². The Kier molecular flexibility index (Phi) is 8.14. The largest absolute Gasteiger partial charge is 0.308 e. The van der Waals surface area contributed by atoms with Crippen LogP contribution in [0.25, 0.3) is 88.4 Å². The van der Waals surface area contributed by atoms with E-state index in [9.17, 15) is 21.0 Å². The minimum atomic E-state index is 0.485. The molecule has 2 heterocycles. The maximum Gasteiger partial charge on any atom is 0.0993 e. The molecule has 8 aromatic carbocycles. The van der Waals surface area contributed by atoms with Crippen LogP contribution < -0.4 is 0 Å². The van der Waals surface area contributed by atoms with Gasteiger partial charge in [0.2, 0.25) is 0 Å². The predicted molar refractivity (Wildman–Crippen MR) is 235 cm³/mol. The molecule has 0 saturated heterocycles. The Labute approximate surface area is 340 Å². The molecule has 2 aromatic heterocycles. The fourth-order valence-corrected chi connectivity index (χ4v) is 8.68. The highest BCUT2D eigenvalue weighted by atomic mass is 15.0. The van der Waals surface area contributed by atoms with Crippen molar-refractivity contribution in [1.29, 1.82) is 21.0 Å². The Morgan fingerprint density at radius 3 is 1.25 bits per heavy atom. The topological polar surface area (TPSA) is 105 Å². The van der Waals surface area contributed by atoms with Crippen molar-refractivity contribution in [3.63, 3.8) is 0 Å². The van der Waals surface area contributed by atoms with Crippen molar-refractivity contribution < 1.29 is 0 Å². The molecule has 6 nitrogen and oxygen atoms in total. The zero-order chi connectivity index (χ0) is 40.2. The number of nitrogens with zero attached hydrogens (tertiary/aromatic N) is 6. The lowest BCUT2D eigenvalue weighted by Crippen LogP contribution is -2.05. The van der Waals surface area contributed by atoms with Crippen LogP contribution in [0.4, 0.5) is 0 Å². The predicted octanol–water partition coefficient (Wildman–Crippen LogP) is 12.7. The lowest BCUT2D eigenvalue weighted by atomic mass is 9.95. The highest BCUT2D eigenvalue weighted by Gasteiger charge is 2.24. The zero-order valence-corrected chi connectivity index (χ0v) is 31.8. The molecule has 0 aliphatic heterocycles. The molecule has 0 fully saturated rings. The molecule has 0 bridgehead atoms. The minimum Gasteiger partial charge on any atom is -0.308 e. The van der Waals surface area contributed by atoms with E-state index in [1.165, 1.54) is 0 Å². The number of rotatable bonds is 5. The van der Waals surface area contributed by atoms with E-state index in [1.807, 2.05) is 104 Å². The Balaban J connectivity index is 1.32. The minimum absolute atomic E-state index is 0.485. The molecule has 0 spiro atoms. The van der Waals surface area contributed by atoms with E-state index in [4.69, 9.17) is 0 Å².